The van der Waals surface area contributed by atoms with Crippen LogP contribution < -0.4 is 0 Å². The molecule has 0 unspecified atom stereocenters. The number of benzene rings is 2. The first kappa shape index (κ1) is 18.1. The highest BCUT2D eigenvalue weighted by atomic mass is 32.2. The van der Waals surface area contributed by atoms with Gasteiger partial charge in [0, 0.05) is 9.79 Å². The van der Waals surface area contributed by atoms with Gasteiger partial charge in [-0.25, -0.2) is 0 Å². The zero-order valence-corrected chi connectivity index (χ0v) is 13.6. The lowest BCUT2D eigenvalue weighted by Crippen LogP contribution is -2.51. The third kappa shape index (κ3) is 4.01. The van der Waals surface area contributed by atoms with Crippen molar-refractivity contribution in [1.82, 2.24) is 0 Å². The molecule has 0 aliphatic heterocycles. The number of halogens is 5. The summed E-state index contributed by atoms with van der Waals surface area (Å²) in [5, 5.41) is 0. The summed E-state index contributed by atoms with van der Waals surface area (Å²) in [6, 6.07) is 15.8. The molecule has 2 aromatic rings. The van der Waals surface area contributed by atoms with Crippen LogP contribution in [-0.4, -0.2) is 16.2 Å². The lowest BCUT2D eigenvalue weighted by molar-refractivity contribution is -0.283. The monoisotopic (exact) mass is 364 g/mol. The van der Waals surface area contributed by atoms with Crippen molar-refractivity contribution in [2.45, 2.75) is 32.9 Å². The molecule has 0 N–H and O–H groups in total. The summed E-state index contributed by atoms with van der Waals surface area (Å²) in [6.45, 7) is 0.926. The molecule has 0 heterocycles. The Kier molecular flexibility index (Phi) is 5.30. The van der Waals surface area contributed by atoms with Crippen molar-refractivity contribution >= 4 is 23.5 Å². The van der Waals surface area contributed by atoms with Crippen LogP contribution in [0.4, 0.5) is 22.0 Å². The van der Waals surface area contributed by atoms with E-state index in [0.717, 1.165) is 6.92 Å². The van der Waals surface area contributed by atoms with Gasteiger partial charge in [0.2, 0.25) is 0 Å². The summed E-state index contributed by atoms with van der Waals surface area (Å²) in [4.78, 5) is 0.699. The van der Waals surface area contributed by atoms with Gasteiger partial charge < -0.3 is 0 Å². The van der Waals surface area contributed by atoms with Crippen LogP contribution in [0.2, 0.25) is 0 Å². The number of rotatable bonds is 5. The Bertz CT molecular complexity index is 584. The van der Waals surface area contributed by atoms with Gasteiger partial charge in [-0.15, -0.1) is 23.5 Å². The molecular weight excluding hydrogens is 351 g/mol. The van der Waals surface area contributed by atoms with Gasteiger partial charge in [-0.3, -0.25) is 0 Å². The van der Waals surface area contributed by atoms with Crippen LogP contribution in [-0.2, 0) is 0 Å². The Morgan fingerprint density at radius 1 is 0.652 bits per heavy atom. The maximum absolute atomic E-state index is 14.2. The lowest BCUT2D eigenvalue weighted by atomic mass is 10.2. The molecule has 0 aromatic heterocycles. The van der Waals surface area contributed by atoms with Gasteiger partial charge in [-0.2, -0.15) is 22.0 Å². The Morgan fingerprint density at radius 3 is 1.30 bits per heavy atom. The smallest absolute Gasteiger partial charge is 0.194 e. The molecular formula is C16H13F5S2. The van der Waals surface area contributed by atoms with E-state index >= 15 is 0 Å². The van der Waals surface area contributed by atoms with E-state index < -0.39 is 16.2 Å². The predicted molar refractivity (Wildman–Crippen MR) is 84.0 cm³/mol. The van der Waals surface area contributed by atoms with Gasteiger partial charge in [0.05, 0.1) is 0 Å². The van der Waals surface area contributed by atoms with E-state index in [4.69, 9.17) is 0 Å². The molecule has 0 fully saturated rings. The Balaban J connectivity index is 2.41. The maximum Gasteiger partial charge on any atom is 0.455 e. The molecule has 2 rings (SSSR count). The van der Waals surface area contributed by atoms with E-state index in [-0.39, 0.29) is 0 Å². The molecule has 0 amide bonds. The average molecular weight is 364 g/mol. The molecule has 0 spiro atoms. The van der Waals surface area contributed by atoms with Crippen LogP contribution in [0.25, 0.3) is 0 Å². The van der Waals surface area contributed by atoms with E-state index in [0.29, 0.717) is 33.3 Å². The minimum atomic E-state index is -5.63. The first-order valence-electron chi connectivity index (χ1n) is 6.58. The van der Waals surface area contributed by atoms with Crippen molar-refractivity contribution in [3.05, 3.63) is 60.7 Å². The molecule has 7 heteroatoms. The highest BCUT2D eigenvalue weighted by Gasteiger charge is 2.69. The van der Waals surface area contributed by atoms with E-state index in [1.807, 2.05) is 0 Å². The molecule has 23 heavy (non-hydrogen) atoms. The molecule has 0 atom stereocenters. The van der Waals surface area contributed by atoms with Crippen molar-refractivity contribution in [3.63, 3.8) is 0 Å². The molecule has 0 bridgehead atoms. The van der Waals surface area contributed by atoms with Gasteiger partial charge in [0.25, 0.3) is 0 Å². The second-order valence-corrected chi connectivity index (χ2v) is 8.09. The van der Waals surface area contributed by atoms with Crippen molar-refractivity contribution in [2.75, 3.05) is 0 Å². The normalized spacial score (nSPS) is 13.1. The third-order valence-corrected chi connectivity index (χ3v) is 5.85. The van der Waals surface area contributed by atoms with Crippen molar-refractivity contribution in [3.8, 4) is 0 Å². The Labute approximate surface area is 139 Å². The quantitative estimate of drug-likeness (QED) is 0.338. The standard InChI is InChI=1S/C16H13F5S2/c1-14(15(17,18)16(19,20)21,22-12-8-4-2-5-9-12)23-13-10-6-3-7-11-13/h2-11H,1H3. The average Bonchev–Trinajstić information content (AvgIpc) is 2.48. The summed E-state index contributed by atoms with van der Waals surface area (Å²) < 4.78 is 64.8. The van der Waals surface area contributed by atoms with Crippen LogP contribution in [0, 0.1) is 0 Å². The first-order chi connectivity index (χ1) is 10.7. The number of hydrogen-bond acceptors (Lipinski definition) is 2. The summed E-state index contributed by atoms with van der Waals surface area (Å²) in [6.07, 6.45) is -5.63. The number of hydrogen-bond donors (Lipinski definition) is 0. The highest BCUT2D eigenvalue weighted by Crippen LogP contribution is 2.58. The Morgan fingerprint density at radius 2 is 1.00 bits per heavy atom. The molecule has 124 valence electrons. The zero-order valence-electron chi connectivity index (χ0n) is 12.0. The molecule has 0 nitrogen and oxygen atoms in total. The fourth-order valence-electron chi connectivity index (χ4n) is 1.83. The van der Waals surface area contributed by atoms with Gasteiger partial charge >= 0.3 is 12.1 Å². The van der Waals surface area contributed by atoms with E-state index in [1.165, 1.54) is 24.3 Å². The summed E-state index contributed by atoms with van der Waals surface area (Å²) in [5.41, 5.74) is 0. The first-order valence-corrected chi connectivity index (χ1v) is 8.22. The summed E-state index contributed by atoms with van der Waals surface area (Å²) >= 11 is 1.03. The minimum Gasteiger partial charge on any atom is -0.194 e. The molecule has 0 aliphatic rings. The summed E-state index contributed by atoms with van der Waals surface area (Å²) in [5.74, 6) is -4.87. The number of thioether (sulfide) groups is 2. The maximum atomic E-state index is 14.2. The predicted octanol–water partition coefficient (Wildman–Crippen LogP) is 6.48. The molecule has 0 saturated carbocycles. The fraction of sp³-hybridized carbons (Fsp3) is 0.250. The molecule has 2 aromatic carbocycles. The lowest BCUT2D eigenvalue weighted by Gasteiger charge is -2.37. The minimum absolute atomic E-state index is 0.349. The van der Waals surface area contributed by atoms with Crippen molar-refractivity contribution in [2.24, 2.45) is 0 Å². The van der Waals surface area contributed by atoms with E-state index in [2.05, 4.69) is 0 Å². The van der Waals surface area contributed by atoms with E-state index in [9.17, 15) is 22.0 Å². The van der Waals surface area contributed by atoms with Crippen LogP contribution in [0.15, 0.2) is 70.5 Å². The Hall–Kier alpha value is -1.21. The topological polar surface area (TPSA) is 0 Å². The SMILES string of the molecule is CC(Sc1ccccc1)(Sc1ccccc1)C(F)(F)C(F)(F)F. The van der Waals surface area contributed by atoms with E-state index in [1.54, 1.807) is 36.4 Å². The molecule has 0 radical (unpaired) electrons. The summed E-state index contributed by atoms with van der Waals surface area (Å²) in [7, 11) is 0. The number of alkyl halides is 5. The van der Waals surface area contributed by atoms with Crippen LogP contribution in [0.1, 0.15) is 6.92 Å². The fourth-order valence-corrected chi connectivity index (χ4v) is 4.55. The highest BCUT2D eigenvalue weighted by molar-refractivity contribution is 8.18. The second kappa shape index (κ2) is 6.73. The van der Waals surface area contributed by atoms with Crippen LogP contribution in [0.5, 0.6) is 0 Å². The van der Waals surface area contributed by atoms with Crippen LogP contribution >= 0.6 is 23.5 Å². The van der Waals surface area contributed by atoms with Gasteiger partial charge in [0.15, 0.2) is 0 Å². The van der Waals surface area contributed by atoms with Gasteiger partial charge in [-0.05, 0) is 31.2 Å². The third-order valence-electron chi connectivity index (χ3n) is 3.04. The van der Waals surface area contributed by atoms with Gasteiger partial charge in [0.1, 0.15) is 4.08 Å². The zero-order chi connectivity index (χ0) is 17.1. The van der Waals surface area contributed by atoms with Crippen molar-refractivity contribution < 1.29 is 22.0 Å². The molecule has 0 saturated heterocycles. The molecule has 0 aliphatic carbocycles. The van der Waals surface area contributed by atoms with Crippen molar-refractivity contribution in [1.29, 1.82) is 0 Å². The second-order valence-electron chi connectivity index (χ2n) is 4.85. The largest absolute Gasteiger partial charge is 0.455 e. The van der Waals surface area contributed by atoms with Gasteiger partial charge in [-0.1, -0.05) is 36.4 Å². The van der Waals surface area contributed by atoms with Crippen LogP contribution in [0.3, 0.4) is 0 Å².